The smallest absolute Gasteiger partial charge is 0.257 e. The van der Waals surface area contributed by atoms with Crippen LogP contribution in [0.3, 0.4) is 0 Å². The molecule has 1 heterocycles. The first kappa shape index (κ1) is 24.5. The fourth-order valence-electron chi connectivity index (χ4n) is 3.25. The average molecular weight is 482 g/mol. The van der Waals surface area contributed by atoms with E-state index in [9.17, 15) is 13.2 Å². The molecule has 1 atom stereocenters. The molecule has 2 aromatic carbocycles. The predicted molar refractivity (Wildman–Crippen MR) is 122 cm³/mol. The molecule has 0 spiro atoms. The molecule has 0 radical (unpaired) electrons. The van der Waals surface area contributed by atoms with Crippen molar-refractivity contribution >= 4 is 27.5 Å². The lowest BCUT2D eigenvalue weighted by molar-refractivity contribution is -0.123. The van der Waals surface area contributed by atoms with E-state index in [0.717, 1.165) is 25.2 Å². The number of nitrogens with zero attached hydrogens (tertiary/aromatic N) is 1. The number of benzene rings is 2. The van der Waals surface area contributed by atoms with Crippen molar-refractivity contribution in [2.75, 3.05) is 46.0 Å². The Balaban J connectivity index is 1.50. The Morgan fingerprint density at radius 2 is 1.91 bits per heavy atom. The van der Waals surface area contributed by atoms with E-state index in [1.54, 1.807) is 6.92 Å². The van der Waals surface area contributed by atoms with Crippen LogP contribution in [0.4, 0.5) is 0 Å². The number of morpholine rings is 1. The van der Waals surface area contributed by atoms with Gasteiger partial charge >= 0.3 is 0 Å². The number of sulfonamides is 1. The Hall–Kier alpha value is -2.17. The van der Waals surface area contributed by atoms with Crippen molar-refractivity contribution in [3.8, 4) is 5.75 Å². The minimum atomic E-state index is -3.78. The van der Waals surface area contributed by atoms with Gasteiger partial charge in [-0.25, -0.2) is 13.1 Å². The van der Waals surface area contributed by atoms with Crippen LogP contribution in [0.1, 0.15) is 18.5 Å². The summed E-state index contributed by atoms with van der Waals surface area (Å²) in [6.45, 7) is 5.95. The molecule has 174 valence electrons. The minimum Gasteiger partial charge on any atom is -0.482 e. The van der Waals surface area contributed by atoms with Gasteiger partial charge < -0.3 is 14.8 Å². The molecule has 10 heteroatoms. The van der Waals surface area contributed by atoms with Crippen LogP contribution in [0.15, 0.2) is 53.4 Å². The first-order valence-corrected chi connectivity index (χ1v) is 12.3. The number of amides is 1. The third-order valence-corrected chi connectivity index (χ3v) is 6.89. The fraction of sp³-hybridized carbons (Fsp3) is 0.409. The maximum atomic E-state index is 12.7. The van der Waals surface area contributed by atoms with E-state index in [-0.39, 0.29) is 28.2 Å². The van der Waals surface area contributed by atoms with E-state index in [0.29, 0.717) is 19.8 Å². The van der Waals surface area contributed by atoms with Crippen molar-refractivity contribution in [3.05, 3.63) is 59.1 Å². The zero-order valence-electron chi connectivity index (χ0n) is 17.9. The summed E-state index contributed by atoms with van der Waals surface area (Å²) in [4.78, 5) is 14.3. The summed E-state index contributed by atoms with van der Waals surface area (Å²) in [5.41, 5.74) is 0.849. The van der Waals surface area contributed by atoms with Crippen LogP contribution in [0.5, 0.6) is 5.75 Å². The second-order valence-electron chi connectivity index (χ2n) is 7.44. The van der Waals surface area contributed by atoms with Gasteiger partial charge in [0.1, 0.15) is 5.75 Å². The molecule has 1 aliphatic heterocycles. The number of hydrogen-bond donors (Lipinski definition) is 2. The quantitative estimate of drug-likeness (QED) is 0.540. The van der Waals surface area contributed by atoms with Crippen molar-refractivity contribution < 1.29 is 22.7 Å². The molecule has 0 unspecified atom stereocenters. The lowest BCUT2D eigenvalue weighted by Gasteiger charge is -2.26. The molecule has 2 aromatic rings. The van der Waals surface area contributed by atoms with Crippen LogP contribution in [0, 0.1) is 0 Å². The molecule has 0 saturated carbocycles. The number of ether oxygens (including phenoxy) is 2. The summed E-state index contributed by atoms with van der Waals surface area (Å²) < 4.78 is 38.8. The zero-order chi connectivity index (χ0) is 23.0. The highest BCUT2D eigenvalue weighted by Gasteiger charge is 2.20. The van der Waals surface area contributed by atoms with Crippen LogP contribution in [-0.4, -0.2) is 65.2 Å². The van der Waals surface area contributed by atoms with Gasteiger partial charge in [0.25, 0.3) is 5.91 Å². The van der Waals surface area contributed by atoms with Crippen LogP contribution < -0.4 is 14.8 Å². The Kier molecular flexibility index (Phi) is 8.89. The maximum absolute atomic E-state index is 12.7. The maximum Gasteiger partial charge on any atom is 0.257 e. The van der Waals surface area contributed by atoms with Gasteiger partial charge in [-0.15, -0.1) is 0 Å². The van der Waals surface area contributed by atoms with E-state index >= 15 is 0 Å². The summed E-state index contributed by atoms with van der Waals surface area (Å²) in [5, 5.41) is 2.91. The van der Waals surface area contributed by atoms with Gasteiger partial charge in [0.2, 0.25) is 10.0 Å². The highest BCUT2D eigenvalue weighted by atomic mass is 35.5. The van der Waals surface area contributed by atoms with Gasteiger partial charge in [0, 0.05) is 32.2 Å². The topological polar surface area (TPSA) is 97.0 Å². The molecular formula is C22H28ClN3O5S. The number of hydrogen-bond acceptors (Lipinski definition) is 6. The summed E-state index contributed by atoms with van der Waals surface area (Å²) in [5.74, 6) is -0.0329. The molecule has 3 rings (SSSR count). The minimum absolute atomic E-state index is 0.0209. The summed E-state index contributed by atoms with van der Waals surface area (Å²) in [7, 11) is -3.78. The molecular weight excluding hydrogens is 454 g/mol. The molecule has 1 fully saturated rings. The van der Waals surface area contributed by atoms with E-state index < -0.39 is 16.1 Å². The van der Waals surface area contributed by atoms with Crippen LogP contribution >= 0.6 is 11.6 Å². The molecule has 1 amide bonds. The van der Waals surface area contributed by atoms with Gasteiger partial charge in [-0.3, -0.25) is 9.69 Å². The van der Waals surface area contributed by atoms with Crippen LogP contribution in [0.25, 0.3) is 0 Å². The normalized spacial score (nSPS) is 15.8. The monoisotopic (exact) mass is 481 g/mol. The van der Waals surface area contributed by atoms with Crippen LogP contribution in [-0.2, 0) is 19.6 Å². The first-order chi connectivity index (χ1) is 15.3. The van der Waals surface area contributed by atoms with E-state index in [1.807, 2.05) is 30.3 Å². The van der Waals surface area contributed by atoms with Gasteiger partial charge in [0.05, 0.1) is 23.1 Å². The molecule has 0 aliphatic carbocycles. The molecule has 0 aromatic heterocycles. The summed E-state index contributed by atoms with van der Waals surface area (Å²) >= 11 is 6.21. The second-order valence-corrected chi connectivity index (χ2v) is 9.56. The highest BCUT2D eigenvalue weighted by molar-refractivity contribution is 7.89. The molecule has 1 saturated heterocycles. The average Bonchev–Trinajstić information content (AvgIpc) is 2.79. The lowest BCUT2D eigenvalue weighted by Crippen LogP contribution is -2.42. The van der Waals surface area contributed by atoms with Gasteiger partial charge in [0.15, 0.2) is 6.61 Å². The number of rotatable bonds is 10. The SMILES string of the molecule is C[C@H](NS(=O)(=O)c1ccc(OCC(=O)NCCN2CCOCC2)c(Cl)c1)c1ccccc1. The summed E-state index contributed by atoms with van der Waals surface area (Å²) in [6, 6.07) is 13.0. The third-order valence-electron chi connectivity index (χ3n) is 5.06. The molecule has 0 bridgehead atoms. The van der Waals surface area contributed by atoms with Crippen molar-refractivity contribution in [1.82, 2.24) is 14.9 Å². The van der Waals surface area contributed by atoms with Crippen molar-refractivity contribution in [2.45, 2.75) is 17.9 Å². The molecule has 1 aliphatic rings. The van der Waals surface area contributed by atoms with Gasteiger partial charge in [-0.2, -0.15) is 0 Å². The van der Waals surface area contributed by atoms with Gasteiger partial charge in [-0.05, 0) is 30.7 Å². The zero-order valence-corrected chi connectivity index (χ0v) is 19.5. The van der Waals surface area contributed by atoms with E-state index in [1.165, 1.54) is 18.2 Å². The Morgan fingerprint density at radius 1 is 1.19 bits per heavy atom. The van der Waals surface area contributed by atoms with Crippen molar-refractivity contribution in [2.24, 2.45) is 0 Å². The Labute approximate surface area is 193 Å². The fourth-order valence-corrected chi connectivity index (χ4v) is 4.81. The number of carbonyl (C=O) groups excluding carboxylic acids is 1. The Bertz CT molecular complexity index is 998. The standard InChI is InChI=1S/C22H28ClN3O5S/c1-17(18-5-3-2-4-6-18)25-32(28,29)19-7-8-21(20(23)15-19)31-16-22(27)24-9-10-26-11-13-30-14-12-26/h2-8,15,17,25H,9-14,16H2,1H3,(H,24,27)/t17-/m0/s1. The predicted octanol–water partition coefficient (Wildman–Crippen LogP) is 2.21. The molecule has 8 nitrogen and oxygen atoms in total. The first-order valence-electron chi connectivity index (χ1n) is 10.4. The Morgan fingerprint density at radius 3 is 2.59 bits per heavy atom. The van der Waals surface area contributed by atoms with Gasteiger partial charge in [-0.1, -0.05) is 41.9 Å². The largest absolute Gasteiger partial charge is 0.482 e. The number of nitrogens with one attached hydrogen (secondary N) is 2. The van der Waals surface area contributed by atoms with Crippen LogP contribution in [0.2, 0.25) is 5.02 Å². The highest BCUT2D eigenvalue weighted by Crippen LogP contribution is 2.28. The molecule has 2 N–H and O–H groups in total. The number of carbonyl (C=O) groups is 1. The molecule has 32 heavy (non-hydrogen) atoms. The third kappa shape index (κ3) is 7.18. The number of halogens is 1. The van der Waals surface area contributed by atoms with E-state index in [4.69, 9.17) is 21.1 Å². The van der Waals surface area contributed by atoms with Crippen molar-refractivity contribution in [1.29, 1.82) is 0 Å². The second kappa shape index (κ2) is 11.6. The lowest BCUT2D eigenvalue weighted by atomic mass is 10.1. The summed E-state index contributed by atoms with van der Waals surface area (Å²) in [6.07, 6.45) is 0. The van der Waals surface area contributed by atoms with Crippen molar-refractivity contribution in [3.63, 3.8) is 0 Å². The van der Waals surface area contributed by atoms with E-state index in [2.05, 4.69) is 14.9 Å².